The molecule has 0 atom stereocenters. The van der Waals surface area contributed by atoms with Gasteiger partial charge in [-0.1, -0.05) is 19.8 Å². The van der Waals surface area contributed by atoms with Crippen LogP contribution in [0.25, 0.3) is 0 Å². The third kappa shape index (κ3) is 4.98. The lowest BCUT2D eigenvalue weighted by Crippen LogP contribution is -2.32. The van der Waals surface area contributed by atoms with Crippen molar-refractivity contribution in [3.63, 3.8) is 0 Å². The summed E-state index contributed by atoms with van der Waals surface area (Å²) < 4.78 is 5.02. The molecule has 0 unspecified atom stereocenters. The lowest BCUT2D eigenvalue weighted by Gasteiger charge is -2.18. The Morgan fingerprint density at radius 2 is 2.05 bits per heavy atom. The second-order valence-corrected chi connectivity index (χ2v) is 4.78. The summed E-state index contributed by atoms with van der Waals surface area (Å²) in [5, 5.41) is 11.7. The Balaban J connectivity index is 2.70. The topological polar surface area (TPSA) is 78.9 Å². The van der Waals surface area contributed by atoms with Crippen molar-refractivity contribution in [3.8, 4) is 5.75 Å². The van der Waals surface area contributed by atoms with E-state index in [0.29, 0.717) is 12.2 Å². The number of benzene rings is 1. The first kappa shape index (κ1) is 16.8. The van der Waals surface area contributed by atoms with Crippen molar-refractivity contribution in [3.05, 3.63) is 23.8 Å². The van der Waals surface area contributed by atoms with E-state index in [1.807, 2.05) is 0 Å². The van der Waals surface area contributed by atoms with Gasteiger partial charge in [-0.3, -0.25) is 0 Å². The zero-order valence-electron chi connectivity index (χ0n) is 12.7. The van der Waals surface area contributed by atoms with Crippen LogP contribution in [0.1, 0.15) is 36.5 Å². The Hall–Kier alpha value is -2.24. The van der Waals surface area contributed by atoms with E-state index >= 15 is 0 Å². The summed E-state index contributed by atoms with van der Waals surface area (Å²) in [5.41, 5.74) is 0.566. The van der Waals surface area contributed by atoms with Gasteiger partial charge in [-0.25, -0.2) is 9.59 Å². The van der Waals surface area contributed by atoms with Crippen molar-refractivity contribution < 1.29 is 19.4 Å². The fourth-order valence-electron chi connectivity index (χ4n) is 1.87. The highest BCUT2D eigenvalue weighted by atomic mass is 16.5. The number of nitrogens with zero attached hydrogens (tertiary/aromatic N) is 1. The summed E-state index contributed by atoms with van der Waals surface area (Å²) in [6.45, 7) is 2.79. The van der Waals surface area contributed by atoms with Crippen LogP contribution in [-0.4, -0.2) is 42.7 Å². The molecule has 0 fully saturated rings. The number of rotatable bonds is 7. The molecule has 0 heterocycles. The predicted molar refractivity (Wildman–Crippen MR) is 81.1 cm³/mol. The third-order valence-electron chi connectivity index (χ3n) is 3.13. The number of methoxy groups -OCH3 is 1. The second kappa shape index (κ2) is 8.14. The van der Waals surface area contributed by atoms with Crippen LogP contribution in [0.3, 0.4) is 0 Å². The third-order valence-corrected chi connectivity index (χ3v) is 3.13. The molecule has 2 N–H and O–H groups in total. The number of carboxylic acids is 1. The van der Waals surface area contributed by atoms with Crippen LogP contribution >= 0.6 is 0 Å². The maximum Gasteiger partial charge on any atom is 0.339 e. The van der Waals surface area contributed by atoms with Crippen molar-refractivity contribution in [2.24, 2.45) is 0 Å². The molecule has 0 saturated heterocycles. The molecule has 0 aliphatic carbocycles. The molecule has 1 aromatic carbocycles. The number of unbranched alkanes of at least 4 members (excludes halogenated alkanes) is 2. The van der Waals surface area contributed by atoms with E-state index in [-0.39, 0.29) is 17.3 Å². The smallest absolute Gasteiger partial charge is 0.339 e. The maximum atomic E-state index is 12.0. The highest BCUT2D eigenvalue weighted by Gasteiger charge is 2.13. The van der Waals surface area contributed by atoms with Crippen LogP contribution in [0.15, 0.2) is 18.2 Å². The number of anilines is 1. The lowest BCUT2D eigenvalue weighted by molar-refractivity contribution is 0.0693. The average molecular weight is 294 g/mol. The highest BCUT2D eigenvalue weighted by Crippen LogP contribution is 2.23. The van der Waals surface area contributed by atoms with Gasteiger partial charge in [-0.2, -0.15) is 0 Å². The van der Waals surface area contributed by atoms with Crippen molar-refractivity contribution in [2.45, 2.75) is 26.2 Å². The van der Waals surface area contributed by atoms with Gasteiger partial charge in [-0.15, -0.1) is 0 Å². The second-order valence-electron chi connectivity index (χ2n) is 4.78. The molecule has 0 aliphatic rings. The van der Waals surface area contributed by atoms with Crippen LogP contribution in [0.2, 0.25) is 0 Å². The van der Waals surface area contributed by atoms with Crippen molar-refractivity contribution in [1.82, 2.24) is 4.90 Å². The number of hydrogen-bond donors (Lipinski definition) is 2. The number of carbonyl (C=O) groups excluding carboxylic acids is 1. The molecule has 0 aliphatic heterocycles. The number of ether oxygens (including phenoxy) is 1. The minimum atomic E-state index is -1.07. The Morgan fingerprint density at radius 1 is 1.33 bits per heavy atom. The van der Waals surface area contributed by atoms with Gasteiger partial charge >= 0.3 is 12.0 Å². The van der Waals surface area contributed by atoms with E-state index < -0.39 is 5.97 Å². The van der Waals surface area contributed by atoms with E-state index in [1.165, 1.54) is 19.2 Å². The van der Waals surface area contributed by atoms with Crippen molar-refractivity contribution >= 4 is 17.7 Å². The van der Waals surface area contributed by atoms with E-state index in [9.17, 15) is 9.59 Å². The fourth-order valence-corrected chi connectivity index (χ4v) is 1.87. The van der Waals surface area contributed by atoms with E-state index in [4.69, 9.17) is 9.84 Å². The average Bonchev–Trinajstić information content (AvgIpc) is 2.46. The van der Waals surface area contributed by atoms with Crippen LogP contribution in [0, 0.1) is 0 Å². The van der Waals surface area contributed by atoms with Crippen LogP contribution in [0.4, 0.5) is 10.5 Å². The molecule has 2 amide bonds. The van der Waals surface area contributed by atoms with Gasteiger partial charge in [0.05, 0.1) is 7.11 Å². The van der Waals surface area contributed by atoms with Gasteiger partial charge in [0.25, 0.3) is 0 Å². The molecule has 1 aromatic rings. The van der Waals surface area contributed by atoms with Gasteiger partial charge in [-0.05, 0) is 18.6 Å². The van der Waals surface area contributed by atoms with Crippen molar-refractivity contribution in [1.29, 1.82) is 0 Å². The molecule has 1 rings (SSSR count). The predicted octanol–water partition coefficient (Wildman–Crippen LogP) is 3.05. The molecular weight excluding hydrogens is 272 g/mol. The summed E-state index contributed by atoms with van der Waals surface area (Å²) in [6, 6.07) is 4.23. The van der Waals surface area contributed by atoms with Crippen LogP contribution < -0.4 is 10.1 Å². The molecule has 0 bridgehead atoms. The highest BCUT2D eigenvalue weighted by molar-refractivity contribution is 5.94. The van der Waals surface area contributed by atoms with Gasteiger partial charge in [0.1, 0.15) is 11.3 Å². The Labute approximate surface area is 124 Å². The molecule has 0 radical (unpaired) electrons. The van der Waals surface area contributed by atoms with Gasteiger partial charge in [0.15, 0.2) is 0 Å². The van der Waals surface area contributed by atoms with E-state index in [1.54, 1.807) is 18.0 Å². The molecule has 0 spiro atoms. The van der Waals surface area contributed by atoms with Crippen LogP contribution in [0.5, 0.6) is 5.75 Å². The van der Waals surface area contributed by atoms with Gasteiger partial charge < -0.3 is 20.1 Å². The first-order valence-corrected chi connectivity index (χ1v) is 6.93. The maximum absolute atomic E-state index is 12.0. The number of carboxylic acid groups (broad SMARTS) is 1. The first-order valence-electron chi connectivity index (χ1n) is 6.93. The minimum Gasteiger partial charge on any atom is -0.496 e. The van der Waals surface area contributed by atoms with Gasteiger partial charge in [0.2, 0.25) is 0 Å². The molecule has 0 aromatic heterocycles. The summed E-state index contributed by atoms with van der Waals surface area (Å²) in [5.74, 6) is -0.852. The number of hydrogen-bond acceptors (Lipinski definition) is 3. The summed E-state index contributed by atoms with van der Waals surface area (Å²) in [7, 11) is 3.12. The minimum absolute atomic E-state index is 0.0619. The normalized spacial score (nSPS) is 10.0. The molecule has 116 valence electrons. The van der Waals surface area contributed by atoms with E-state index in [0.717, 1.165) is 19.3 Å². The zero-order chi connectivity index (χ0) is 15.8. The standard InChI is InChI=1S/C15H22N2O4/c1-4-5-6-9-17(2)15(20)16-11-7-8-12(14(18)19)13(10-11)21-3/h7-8,10H,4-6,9H2,1-3H3,(H,16,20)(H,18,19). The summed E-state index contributed by atoms with van der Waals surface area (Å²) in [4.78, 5) is 24.6. The Bertz CT molecular complexity index is 502. The SMILES string of the molecule is CCCCCN(C)C(=O)Nc1ccc(C(=O)O)c(OC)c1. The van der Waals surface area contributed by atoms with Gasteiger partial charge in [0, 0.05) is 25.3 Å². The van der Waals surface area contributed by atoms with Crippen LogP contribution in [-0.2, 0) is 0 Å². The first-order chi connectivity index (χ1) is 9.99. The molecule has 0 saturated carbocycles. The monoisotopic (exact) mass is 294 g/mol. The number of nitrogens with one attached hydrogen (secondary N) is 1. The number of amides is 2. The largest absolute Gasteiger partial charge is 0.496 e. The van der Waals surface area contributed by atoms with E-state index in [2.05, 4.69) is 12.2 Å². The number of aromatic carboxylic acids is 1. The zero-order valence-corrected chi connectivity index (χ0v) is 12.7. The molecular formula is C15H22N2O4. The number of carbonyl (C=O) groups is 2. The molecule has 6 nitrogen and oxygen atoms in total. The summed E-state index contributed by atoms with van der Waals surface area (Å²) in [6.07, 6.45) is 3.14. The summed E-state index contributed by atoms with van der Waals surface area (Å²) >= 11 is 0. The quantitative estimate of drug-likeness (QED) is 0.758. The fraction of sp³-hybridized carbons (Fsp3) is 0.467. The van der Waals surface area contributed by atoms with Crippen molar-refractivity contribution in [2.75, 3.05) is 26.0 Å². The lowest BCUT2D eigenvalue weighted by atomic mass is 10.2. The Morgan fingerprint density at radius 3 is 2.62 bits per heavy atom. The number of urea groups is 1. The molecule has 21 heavy (non-hydrogen) atoms. The molecule has 6 heteroatoms. The Kier molecular flexibility index (Phi) is 6.52.